The summed E-state index contributed by atoms with van der Waals surface area (Å²) in [5.74, 6) is -1.01. The molecule has 0 heterocycles. The topological polar surface area (TPSA) is 98.7 Å². The summed E-state index contributed by atoms with van der Waals surface area (Å²) in [6.07, 6.45) is 3.39. The van der Waals surface area contributed by atoms with Crippen molar-refractivity contribution in [3.8, 4) is 11.1 Å². The Balaban J connectivity index is 1.68. The molecule has 0 fully saturated rings. The number of hydrogen-bond acceptors (Lipinski definition) is 4. The Bertz CT molecular complexity index is 1440. The number of rotatable bonds is 11. The van der Waals surface area contributed by atoms with Gasteiger partial charge < -0.3 is 10.2 Å². The Labute approximate surface area is 227 Å². The molecule has 0 aliphatic heterocycles. The van der Waals surface area contributed by atoms with E-state index in [0.29, 0.717) is 24.1 Å². The fourth-order valence-electron chi connectivity index (χ4n) is 4.36. The molecule has 0 aromatic heterocycles. The highest BCUT2D eigenvalue weighted by Gasteiger charge is 2.28. The lowest BCUT2D eigenvalue weighted by Gasteiger charge is -2.29. The van der Waals surface area contributed by atoms with Crippen molar-refractivity contribution in [2.24, 2.45) is 0 Å². The van der Waals surface area contributed by atoms with E-state index in [1.165, 1.54) is 17.1 Å². The van der Waals surface area contributed by atoms with Crippen LogP contribution in [0.1, 0.15) is 28.3 Å². The SMILES string of the molecule is O=CN(Cc1ccccc1-c1ccccc1)C(C(=O)NCc1ccccc1)c1cccc(/C=C/C(=O)NO)c1. The fraction of sp³-hybridized carbons (Fsp3) is 0.0938. The van der Waals surface area contributed by atoms with Gasteiger partial charge >= 0.3 is 0 Å². The molecule has 3 amide bonds. The van der Waals surface area contributed by atoms with Crippen LogP contribution >= 0.6 is 0 Å². The van der Waals surface area contributed by atoms with Gasteiger partial charge in [-0.1, -0.05) is 103 Å². The molecule has 0 saturated heterocycles. The lowest BCUT2D eigenvalue weighted by Crippen LogP contribution is -2.39. The molecule has 7 heteroatoms. The first-order valence-electron chi connectivity index (χ1n) is 12.5. The predicted octanol–water partition coefficient (Wildman–Crippen LogP) is 4.89. The van der Waals surface area contributed by atoms with E-state index >= 15 is 0 Å². The lowest BCUT2D eigenvalue weighted by atomic mass is 9.97. The summed E-state index contributed by atoms with van der Waals surface area (Å²) in [4.78, 5) is 39.1. The van der Waals surface area contributed by atoms with Crippen molar-refractivity contribution in [2.75, 3.05) is 0 Å². The van der Waals surface area contributed by atoms with Crippen LogP contribution in [0, 0.1) is 0 Å². The van der Waals surface area contributed by atoms with Gasteiger partial charge in [-0.05, 0) is 45.5 Å². The van der Waals surface area contributed by atoms with E-state index in [2.05, 4.69) is 5.32 Å². The maximum atomic E-state index is 13.7. The molecule has 4 rings (SSSR count). The van der Waals surface area contributed by atoms with E-state index in [9.17, 15) is 14.4 Å². The van der Waals surface area contributed by atoms with Crippen molar-refractivity contribution in [2.45, 2.75) is 19.1 Å². The van der Waals surface area contributed by atoms with Gasteiger partial charge in [0.05, 0.1) is 0 Å². The summed E-state index contributed by atoms with van der Waals surface area (Å²) in [6, 6.07) is 33.3. The van der Waals surface area contributed by atoms with Crippen LogP contribution < -0.4 is 10.8 Å². The van der Waals surface area contributed by atoms with E-state index in [1.807, 2.05) is 84.9 Å². The standard InChI is InChI=1S/C32H29N3O4/c36-23-35(22-28-15-7-8-17-29(28)26-13-5-2-6-14-26)31(32(38)33-21-25-10-3-1-4-11-25)27-16-9-12-24(20-27)18-19-30(37)34-39/h1-20,23,31,39H,21-22H2,(H,33,38)(H,34,37)/b19-18+. The molecule has 0 saturated carbocycles. The summed E-state index contributed by atoms with van der Waals surface area (Å²) >= 11 is 0. The Morgan fingerprint density at radius 3 is 2.26 bits per heavy atom. The number of carbonyl (C=O) groups excluding carboxylic acids is 3. The normalized spacial score (nSPS) is 11.5. The van der Waals surface area contributed by atoms with Crippen molar-refractivity contribution in [3.63, 3.8) is 0 Å². The van der Waals surface area contributed by atoms with Gasteiger partial charge in [-0.3, -0.25) is 19.6 Å². The average Bonchev–Trinajstić information content (AvgIpc) is 3.00. The minimum atomic E-state index is -0.935. The van der Waals surface area contributed by atoms with Gasteiger partial charge in [0.15, 0.2) is 0 Å². The molecule has 39 heavy (non-hydrogen) atoms. The fourth-order valence-corrected chi connectivity index (χ4v) is 4.36. The third-order valence-corrected chi connectivity index (χ3v) is 6.24. The van der Waals surface area contributed by atoms with E-state index in [-0.39, 0.29) is 12.5 Å². The second kappa shape index (κ2) is 13.5. The number of nitrogens with one attached hydrogen (secondary N) is 2. The minimum Gasteiger partial charge on any atom is -0.350 e. The molecule has 4 aromatic carbocycles. The maximum absolute atomic E-state index is 13.7. The molecular weight excluding hydrogens is 490 g/mol. The van der Waals surface area contributed by atoms with E-state index in [0.717, 1.165) is 22.3 Å². The highest BCUT2D eigenvalue weighted by Crippen LogP contribution is 2.28. The van der Waals surface area contributed by atoms with E-state index in [4.69, 9.17) is 5.21 Å². The van der Waals surface area contributed by atoms with Crippen LogP contribution in [-0.4, -0.2) is 28.3 Å². The van der Waals surface area contributed by atoms with Gasteiger partial charge in [-0.2, -0.15) is 0 Å². The third-order valence-electron chi connectivity index (χ3n) is 6.24. The van der Waals surface area contributed by atoms with Crippen LogP contribution in [0.5, 0.6) is 0 Å². The van der Waals surface area contributed by atoms with Crippen LogP contribution in [-0.2, 0) is 27.5 Å². The molecule has 1 atom stereocenters. The molecule has 196 valence electrons. The van der Waals surface area contributed by atoms with Gasteiger partial charge in [-0.15, -0.1) is 0 Å². The van der Waals surface area contributed by atoms with Gasteiger partial charge in [0.2, 0.25) is 12.3 Å². The summed E-state index contributed by atoms with van der Waals surface area (Å²) in [7, 11) is 0. The Kier molecular flexibility index (Phi) is 9.37. The number of hydroxylamine groups is 1. The first kappa shape index (κ1) is 27.0. The first-order valence-corrected chi connectivity index (χ1v) is 12.5. The Morgan fingerprint density at radius 1 is 0.846 bits per heavy atom. The number of nitrogens with zero attached hydrogens (tertiary/aromatic N) is 1. The highest BCUT2D eigenvalue weighted by molar-refractivity contribution is 5.91. The zero-order valence-electron chi connectivity index (χ0n) is 21.2. The Hall–Kier alpha value is -5.01. The molecular formula is C32H29N3O4. The van der Waals surface area contributed by atoms with Crippen molar-refractivity contribution in [1.29, 1.82) is 0 Å². The minimum absolute atomic E-state index is 0.199. The molecule has 3 N–H and O–H groups in total. The number of benzene rings is 4. The van der Waals surface area contributed by atoms with Crippen LogP contribution in [0.4, 0.5) is 0 Å². The van der Waals surface area contributed by atoms with Crippen molar-refractivity contribution >= 4 is 24.3 Å². The third kappa shape index (κ3) is 7.28. The molecule has 7 nitrogen and oxygen atoms in total. The van der Waals surface area contributed by atoms with Crippen molar-refractivity contribution in [1.82, 2.24) is 15.7 Å². The van der Waals surface area contributed by atoms with Crippen LogP contribution in [0.3, 0.4) is 0 Å². The van der Waals surface area contributed by atoms with Crippen molar-refractivity contribution < 1.29 is 19.6 Å². The Morgan fingerprint density at radius 2 is 1.54 bits per heavy atom. The van der Waals surface area contributed by atoms with E-state index < -0.39 is 11.9 Å². The summed E-state index contributed by atoms with van der Waals surface area (Å²) in [6.45, 7) is 0.505. The lowest BCUT2D eigenvalue weighted by molar-refractivity contribution is -0.133. The second-order valence-corrected chi connectivity index (χ2v) is 8.89. The van der Waals surface area contributed by atoms with Gasteiger partial charge in [0, 0.05) is 19.2 Å². The molecule has 4 aromatic rings. The van der Waals surface area contributed by atoms with Crippen molar-refractivity contribution in [3.05, 3.63) is 138 Å². The molecule has 0 aliphatic carbocycles. The molecule has 0 aliphatic rings. The summed E-state index contributed by atoms with van der Waals surface area (Å²) in [5.41, 5.74) is 6.58. The molecule has 1 unspecified atom stereocenters. The van der Waals surface area contributed by atoms with Gasteiger partial charge in [0.1, 0.15) is 6.04 Å². The molecule has 0 radical (unpaired) electrons. The quantitative estimate of drug-likeness (QED) is 0.114. The number of carbonyl (C=O) groups is 3. The van der Waals surface area contributed by atoms with Crippen LogP contribution in [0.25, 0.3) is 17.2 Å². The van der Waals surface area contributed by atoms with E-state index in [1.54, 1.807) is 29.7 Å². The smallest absolute Gasteiger partial charge is 0.267 e. The zero-order chi connectivity index (χ0) is 27.5. The number of amides is 3. The van der Waals surface area contributed by atoms with Gasteiger partial charge in [0.25, 0.3) is 5.91 Å². The highest BCUT2D eigenvalue weighted by atomic mass is 16.5. The van der Waals surface area contributed by atoms with Crippen LogP contribution in [0.2, 0.25) is 0 Å². The second-order valence-electron chi connectivity index (χ2n) is 8.89. The summed E-state index contributed by atoms with van der Waals surface area (Å²) in [5, 5.41) is 11.8. The predicted molar refractivity (Wildman–Crippen MR) is 150 cm³/mol. The molecule has 0 bridgehead atoms. The zero-order valence-corrected chi connectivity index (χ0v) is 21.2. The molecule has 0 spiro atoms. The van der Waals surface area contributed by atoms with Crippen LogP contribution in [0.15, 0.2) is 115 Å². The summed E-state index contributed by atoms with van der Waals surface area (Å²) < 4.78 is 0. The monoisotopic (exact) mass is 519 g/mol. The maximum Gasteiger partial charge on any atom is 0.267 e. The number of hydrogen-bond donors (Lipinski definition) is 3. The first-order chi connectivity index (χ1) is 19.1. The average molecular weight is 520 g/mol. The van der Waals surface area contributed by atoms with Gasteiger partial charge in [-0.25, -0.2) is 5.48 Å². The largest absolute Gasteiger partial charge is 0.350 e.